The third-order valence-electron chi connectivity index (χ3n) is 3.71. The zero-order valence-corrected chi connectivity index (χ0v) is 17.7. The highest BCUT2D eigenvalue weighted by molar-refractivity contribution is 14.0. The van der Waals surface area contributed by atoms with Crippen molar-refractivity contribution in [1.29, 1.82) is 0 Å². The second-order valence-corrected chi connectivity index (χ2v) is 5.98. The highest BCUT2D eigenvalue weighted by Crippen LogP contribution is 2.18. The Hall–Kier alpha value is -1.55. The number of ether oxygens (including phenoxy) is 2. The van der Waals surface area contributed by atoms with Gasteiger partial charge in [-0.3, -0.25) is 9.79 Å². The second-order valence-electron chi connectivity index (χ2n) is 5.98. The molecule has 0 radical (unpaired) electrons. The number of hydrogen-bond donors (Lipinski definition) is 3. The van der Waals surface area contributed by atoms with E-state index < -0.39 is 0 Å². The number of halogens is 1. The minimum absolute atomic E-state index is 0. The predicted octanol–water partition coefficient (Wildman–Crippen LogP) is 1.66. The van der Waals surface area contributed by atoms with Crippen molar-refractivity contribution >= 4 is 35.8 Å². The van der Waals surface area contributed by atoms with Crippen LogP contribution in [-0.4, -0.2) is 51.8 Å². The van der Waals surface area contributed by atoms with Gasteiger partial charge in [0.2, 0.25) is 0 Å². The lowest BCUT2D eigenvalue weighted by Gasteiger charge is -2.12. The number of amides is 1. The van der Waals surface area contributed by atoms with Gasteiger partial charge in [0.15, 0.2) is 12.6 Å². The van der Waals surface area contributed by atoms with E-state index in [1.54, 1.807) is 14.2 Å². The zero-order chi connectivity index (χ0) is 17.9. The van der Waals surface area contributed by atoms with Gasteiger partial charge in [-0.25, -0.2) is 0 Å². The van der Waals surface area contributed by atoms with Crippen LogP contribution in [0.3, 0.4) is 0 Å². The van der Waals surface area contributed by atoms with E-state index in [2.05, 4.69) is 20.9 Å². The molecule has 0 aliphatic heterocycles. The van der Waals surface area contributed by atoms with E-state index in [1.807, 2.05) is 24.3 Å². The quantitative estimate of drug-likeness (QED) is 0.207. The first-order valence-electron chi connectivity index (χ1n) is 8.66. The molecule has 7 nitrogen and oxygen atoms in total. The fourth-order valence-corrected chi connectivity index (χ4v) is 2.22. The summed E-state index contributed by atoms with van der Waals surface area (Å²) < 4.78 is 10.6. The highest BCUT2D eigenvalue weighted by Gasteiger charge is 2.23. The Bertz CT molecular complexity index is 579. The van der Waals surface area contributed by atoms with Gasteiger partial charge in [0.25, 0.3) is 5.91 Å². The zero-order valence-electron chi connectivity index (χ0n) is 15.4. The number of nitrogens with zero attached hydrogens (tertiary/aromatic N) is 1. The lowest BCUT2D eigenvalue weighted by Crippen LogP contribution is -2.37. The fourth-order valence-electron chi connectivity index (χ4n) is 2.22. The summed E-state index contributed by atoms with van der Waals surface area (Å²) in [4.78, 5) is 15.9. The Morgan fingerprint density at radius 3 is 2.81 bits per heavy atom. The van der Waals surface area contributed by atoms with Crippen molar-refractivity contribution in [1.82, 2.24) is 16.0 Å². The van der Waals surface area contributed by atoms with Crippen molar-refractivity contribution in [3.63, 3.8) is 0 Å². The molecule has 1 aliphatic rings. The molecule has 8 heteroatoms. The number of guanidine groups is 1. The number of rotatable bonds is 10. The summed E-state index contributed by atoms with van der Waals surface area (Å²) in [5, 5.41) is 9.39. The first-order valence-corrected chi connectivity index (χ1v) is 8.66. The van der Waals surface area contributed by atoms with Crippen LogP contribution in [0.5, 0.6) is 5.75 Å². The smallest absolute Gasteiger partial charge is 0.258 e. The molecule has 2 rings (SSSR count). The molecule has 26 heavy (non-hydrogen) atoms. The van der Waals surface area contributed by atoms with Crippen LogP contribution in [0.15, 0.2) is 29.3 Å². The molecule has 0 atom stereocenters. The van der Waals surface area contributed by atoms with Crippen LogP contribution in [0.2, 0.25) is 0 Å². The van der Waals surface area contributed by atoms with Gasteiger partial charge < -0.3 is 25.4 Å². The standard InChI is InChI=1S/C18H28N4O3.HI/c1-19-18(20-9-4-10-24-2)21-12-14-5-3-6-16(11-14)25-13-17(23)22-15-7-8-15;/h3,5-6,11,15H,4,7-10,12-13H2,1-2H3,(H,22,23)(H2,19,20,21);1H. The maximum absolute atomic E-state index is 11.7. The van der Waals surface area contributed by atoms with Gasteiger partial charge in [0.05, 0.1) is 0 Å². The third-order valence-corrected chi connectivity index (χ3v) is 3.71. The topological polar surface area (TPSA) is 84.0 Å². The van der Waals surface area contributed by atoms with Crippen LogP contribution >= 0.6 is 24.0 Å². The number of carbonyl (C=O) groups is 1. The molecule has 0 bridgehead atoms. The molecule has 146 valence electrons. The van der Waals surface area contributed by atoms with Crippen molar-refractivity contribution < 1.29 is 14.3 Å². The second kappa shape index (κ2) is 12.7. The minimum atomic E-state index is -0.0633. The van der Waals surface area contributed by atoms with E-state index in [4.69, 9.17) is 9.47 Å². The third kappa shape index (κ3) is 9.23. The summed E-state index contributed by atoms with van der Waals surface area (Å²) in [5.74, 6) is 1.37. The molecular weight excluding hydrogens is 447 g/mol. The number of carbonyl (C=O) groups excluding carboxylic acids is 1. The molecule has 1 aliphatic carbocycles. The number of hydrogen-bond acceptors (Lipinski definition) is 4. The van der Waals surface area contributed by atoms with Crippen LogP contribution < -0.4 is 20.7 Å². The van der Waals surface area contributed by atoms with Gasteiger partial charge in [0, 0.05) is 39.9 Å². The largest absolute Gasteiger partial charge is 0.484 e. The number of nitrogens with one attached hydrogen (secondary N) is 3. The van der Waals surface area contributed by atoms with Crippen molar-refractivity contribution in [2.75, 3.05) is 33.9 Å². The molecule has 0 heterocycles. The van der Waals surface area contributed by atoms with Gasteiger partial charge in [-0.1, -0.05) is 12.1 Å². The molecule has 1 aromatic carbocycles. The summed E-state index contributed by atoms with van der Waals surface area (Å²) in [6, 6.07) is 8.05. The predicted molar refractivity (Wildman–Crippen MR) is 113 cm³/mol. The Kier molecular flexibility index (Phi) is 11.0. The van der Waals surface area contributed by atoms with Crippen molar-refractivity contribution in [2.45, 2.75) is 31.8 Å². The van der Waals surface area contributed by atoms with Crippen LogP contribution in [0.1, 0.15) is 24.8 Å². The molecule has 1 fully saturated rings. The maximum Gasteiger partial charge on any atom is 0.258 e. The number of methoxy groups -OCH3 is 1. The Morgan fingerprint density at radius 1 is 1.31 bits per heavy atom. The van der Waals surface area contributed by atoms with Crippen LogP contribution in [0.4, 0.5) is 0 Å². The summed E-state index contributed by atoms with van der Waals surface area (Å²) in [6.07, 6.45) is 3.07. The van der Waals surface area contributed by atoms with Gasteiger partial charge in [-0.05, 0) is 37.0 Å². The monoisotopic (exact) mass is 476 g/mol. The van der Waals surface area contributed by atoms with Gasteiger partial charge in [-0.15, -0.1) is 24.0 Å². The van der Waals surface area contributed by atoms with E-state index in [0.29, 0.717) is 18.3 Å². The SMILES string of the molecule is CN=C(NCCCOC)NCc1cccc(OCC(=O)NC2CC2)c1.I. The molecule has 1 amide bonds. The van der Waals surface area contributed by atoms with Crippen molar-refractivity contribution in [3.05, 3.63) is 29.8 Å². The molecule has 1 aromatic rings. The summed E-state index contributed by atoms with van der Waals surface area (Å²) >= 11 is 0. The van der Waals surface area contributed by atoms with E-state index in [1.165, 1.54) is 0 Å². The summed E-state index contributed by atoms with van der Waals surface area (Å²) in [7, 11) is 3.43. The lowest BCUT2D eigenvalue weighted by atomic mass is 10.2. The number of benzene rings is 1. The molecule has 0 spiro atoms. The van der Waals surface area contributed by atoms with E-state index >= 15 is 0 Å². The average Bonchev–Trinajstić information content (AvgIpc) is 3.44. The normalized spacial score (nSPS) is 13.5. The van der Waals surface area contributed by atoms with Gasteiger partial charge >= 0.3 is 0 Å². The minimum Gasteiger partial charge on any atom is -0.484 e. The molecule has 3 N–H and O–H groups in total. The highest BCUT2D eigenvalue weighted by atomic mass is 127. The van der Waals surface area contributed by atoms with Crippen LogP contribution in [0.25, 0.3) is 0 Å². The average molecular weight is 476 g/mol. The van der Waals surface area contributed by atoms with E-state index in [9.17, 15) is 4.79 Å². The van der Waals surface area contributed by atoms with Crippen molar-refractivity contribution in [3.8, 4) is 5.75 Å². The first-order chi connectivity index (χ1) is 12.2. The molecule has 0 unspecified atom stereocenters. The van der Waals surface area contributed by atoms with Crippen molar-refractivity contribution in [2.24, 2.45) is 4.99 Å². The maximum atomic E-state index is 11.7. The lowest BCUT2D eigenvalue weighted by molar-refractivity contribution is -0.123. The Morgan fingerprint density at radius 2 is 2.12 bits per heavy atom. The summed E-state index contributed by atoms with van der Waals surface area (Å²) in [5.41, 5.74) is 1.06. The molecule has 0 saturated heterocycles. The molecule has 0 aromatic heterocycles. The van der Waals surface area contributed by atoms with E-state index in [-0.39, 0.29) is 36.5 Å². The molecular formula is C18H29IN4O3. The Labute approximate surface area is 172 Å². The van der Waals surface area contributed by atoms with E-state index in [0.717, 1.165) is 43.9 Å². The van der Waals surface area contributed by atoms with Gasteiger partial charge in [0.1, 0.15) is 5.75 Å². The molecule has 1 saturated carbocycles. The number of aliphatic imine (C=N–C) groups is 1. The first kappa shape index (κ1) is 22.5. The summed E-state index contributed by atoms with van der Waals surface area (Å²) in [6.45, 7) is 2.19. The van der Waals surface area contributed by atoms with Gasteiger partial charge in [-0.2, -0.15) is 0 Å². The van der Waals surface area contributed by atoms with Crippen LogP contribution in [-0.2, 0) is 16.1 Å². The van der Waals surface area contributed by atoms with Crippen LogP contribution in [0, 0.1) is 0 Å². The Balaban J connectivity index is 0.00000338. The fraction of sp³-hybridized carbons (Fsp3) is 0.556.